The zero-order valence-corrected chi connectivity index (χ0v) is 5.46. The van der Waals surface area contributed by atoms with Gasteiger partial charge in [-0.2, -0.15) is 0 Å². The molecule has 1 rings (SSSR count). The average molecular weight is 146 g/mol. The summed E-state index contributed by atoms with van der Waals surface area (Å²) in [5.74, 6) is 0. The molecule has 6 nitrogen and oxygen atoms in total. The van der Waals surface area contributed by atoms with Crippen molar-refractivity contribution in [2.45, 2.75) is 12.7 Å². The standard InChI is InChI=1S/C4H10N4O2/c9-8(10)7-4-5-2-1-3-6-4/h4-7H,1-3H2. The molecule has 1 fully saturated rings. The lowest BCUT2D eigenvalue weighted by atomic mass is 10.4. The molecular weight excluding hydrogens is 136 g/mol. The molecule has 3 N–H and O–H groups in total. The Bertz CT molecular complexity index is 122. The van der Waals surface area contributed by atoms with Gasteiger partial charge in [0.25, 0.3) is 0 Å². The maximum atomic E-state index is 9.88. The minimum absolute atomic E-state index is 0.372. The summed E-state index contributed by atoms with van der Waals surface area (Å²) in [7, 11) is 0. The van der Waals surface area contributed by atoms with Crippen LogP contribution in [0.1, 0.15) is 6.42 Å². The van der Waals surface area contributed by atoms with Crippen LogP contribution < -0.4 is 16.1 Å². The first-order valence-electron chi connectivity index (χ1n) is 3.16. The van der Waals surface area contributed by atoms with E-state index in [1.165, 1.54) is 0 Å². The molecule has 0 saturated carbocycles. The van der Waals surface area contributed by atoms with E-state index in [2.05, 4.69) is 16.1 Å². The third-order valence-electron chi connectivity index (χ3n) is 1.28. The number of hydrogen-bond acceptors (Lipinski definition) is 4. The predicted molar refractivity (Wildman–Crippen MR) is 34.5 cm³/mol. The topological polar surface area (TPSA) is 79.2 Å². The summed E-state index contributed by atoms with van der Waals surface area (Å²) in [6, 6.07) is 0. The summed E-state index contributed by atoms with van der Waals surface area (Å²) in [4.78, 5) is 9.88. The Balaban J connectivity index is 2.19. The van der Waals surface area contributed by atoms with Gasteiger partial charge in [0, 0.05) is 0 Å². The lowest BCUT2D eigenvalue weighted by Crippen LogP contribution is -2.58. The van der Waals surface area contributed by atoms with Gasteiger partial charge in [-0.05, 0) is 19.5 Å². The van der Waals surface area contributed by atoms with Crippen LogP contribution in [-0.4, -0.2) is 24.4 Å². The Morgan fingerprint density at radius 2 is 2.10 bits per heavy atom. The molecule has 0 amide bonds. The van der Waals surface area contributed by atoms with Crippen LogP contribution in [0.5, 0.6) is 0 Å². The van der Waals surface area contributed by atoms with Gasteiger partial charge in [0.15, 0.2) is 11.3 Å². The second-order valence-corrected chi connectivity index (χ2v) is 2.08. The molecule has 0 aliphatic carbocycles. The van der Waals surface area contributed by atoms with Crippen molar-refractivity contribution in [3.8, 4) is 0 Å². The van der Waals surface area contributed by atoms with E-state index in [0.717, 1.165) is 19.5 Å². The highest BCUT2D eigenvalue weighted by Gasteiger charge is 2.13. The van der Waals surface area contributed by atoms with Gasteiger partial charge in [-0.3, -0.25) is 10.6 Å². The maximum absolute atomic E-state index is 9.88. The van der Waals surface area contributed by atoms with Crippen LogP contribution in [0.25, 0.3) is 0 Å². The SMILES string of the molecule is O=[N+]([O-])NC1NCCCN1. The molecule has 10 heavy (non-hydrogen) atoms. The van der Waals surface area contributed by atoms with E-state index in [1.54, 1.807) is 0 Å². The first-order valence-corrected chi connectivity index (χ1v) is 3.16. The van der Waals surface area contributed by atoms with Crippen molar-refractivity contribution < 1.29 is 5.03 Å². The molecule has 1 aliphatic heterocycles. The quantitative estimate of drug-likeness (QED) is 0.331. The van der Waals surface area contributed by atoms with Gasteiger partial charge in [-0.25, -0.2) is 10.1 Å². The van der Waals surface area contributed by atoms with Crippen molar-refractivity contribution in [1.82, 2.24) is 16.1 Å². The minimum Gasteiger partial charge on any atom is -0.280 e. The lowest BCUT2D eigenvalue weighted by Gasteiger charge is -2.21. The van der Waals surface area contributed by atoms with E-state index < -0.39 is 5.03 Å². The number of hydrazine groups is 1. The molecular formula is C4H10N4O2. The van der Waals surface area contributed by atoms with E-state index in [1.807, 2.05) is 0 Å². The van der Waals surface area contributed by atoms with Crippen molar-refractivity contribution in [1.29, 1.82) is 0 Å². The third-order valence-corrected chi connectivity index (χ3v) is 1.28. The van der Waals surface area contributed by atoms with Crippen LogP contribution in [0.15, 0.2) is 0 Å². The van der Waals surface area contributed by atoms with Crippen molar-refractivity contribution in [3.05, 3.63) is 10.1 Å². The second kappa shape index (κ2) is 3.33. The van der Waals surface area contributed by atoms with Crippen LogP contribution in [0.2, 0.25) is 0 Å². The van der Waals surface area contributed by atoms with Crippen LogP contribution in [0.3, 0.4) is 0 Å². The molecule has 0 radical (unpaired) electrons. The average Bonchev–Trinajstić information content (AvgIpc) is 1.88. The Labute approximate surface area is 58.1 Å². The first kappa shape index (κ1) is 7.23. The number of nitrogens with zero attached hydrogens (tertiary/aromatic N) is 1. The molecule has 0 aromatic carbocycles. The zero-order valence-electron chi connectivity index (χ0n) is 5.46. The summed E-state index contributed by atoms with van der Waals surface area (Å²) < 4.78 is 0. The van der Waals surface area contributed by atoms with Gasteiger partial charge in [-0.1, -0.05) is 0 Å². The van der Waals surface area contributed by atoms with Crippen molar-refractivity contribution >= 4 is 0 Å². The molecule has 6 heteroatoms. The van der Waals surface area contributed by atoms with Crippen LogP contribution in [-0.2, 0) is 0 Å². The summed E-state index contributed by atoms with van der Waals surface area (Å²) in [6.07, 6.45) is 0.638. The Morgan fingerprint density at radius 1 is 1.50 bits per heavy atom. The predicted octanol–water partition coefficient (Wildman–Crippen LogP) is -1.37. The van der Waals surface area contributed by atoms with Gasteiger partial charge in [-0.15, -0.1) is 5.43 Å². The number of rotatable bonds is 2. The highest BCUT2D eigenvalue weighted by Crippen LogP contribution is 1.83. The number of nitrogens with one attached hydrogen (secondary N) is 3. The molecule has 0 bridgehead atoms. The smallest absolute Gasteiger partial charge is 0.190 e. The Kier molecular flexibility index (Phi) is 2.41. The number of nitro groups is 1. The van der Waals surface area contributed by atoms with Gasteiger partial charge < -0.3 is 0 Å². The fourth-order valence-electron chi connectivity index (χ4n) is 0.850. The van der Waals surface area contributed by atoms with Gasteiger partial charge in [0.2, 0.25) is 0 Å². The molecule has 0 aromatic heterocycles. The minimum atomic E-state index is -0.560. The molecule has 0 atom stereocenters. The van der Waals surface area contributed by atoms with Crippen molar-refractivity contribution in [2.24, 2.45) is 0 Å². The molecule has 0 spiro atoms. The van der Waals surface area contributed by atoms with Crippen LogP contribution in [0.4, 0.5) is 0 Å². The van der Waals surface area contributed by atoms with E-state index in [4.69, 9.17) is 0 Å². The highest BCUT2D eigenvalue weighted by molar-refractivity contribution is 4.64. The lowest BCUT2D eigenvalue weighted by molar-refractivity contribution is -0.553. The monoisotopic (exact) mass is 146 g/mol. The second-order valence-electron chi connectivity index (χ2n) is 2.08. The Hall–Kier alpha value is -0.880. The summed E-state index contributed by atoms with van der Waals surface area (Å²) in [6.45, 7) is 1.64. The van der Waals surface area contributed by atoms with Crippen LogP contribution >= 0.6 is 0 Å². The molecule has 58 valence electrons. The van der Waals surface area contributed by atoms with Crippen LogP contribution in [0, 0.1) is 10.1 Å². The van der Waals surface area contributed by atoms with Crippen molar-refractivity contribution in [2.75, 3.05) is 13.1 Å². The summed E-state index contributed by atoms with van der Waals surface area (Å²) in [5, 5.41) is 15.1. The molecule has 1 heterocycles. The molecule has 0 aromatic rings. The third kappa shape index (κ3) is 2.16. The van der Waals surface area contributed by atoms with Gasteiger partial charge >= 0.3 is 0 Å². The van der Waals surface area contributed by atoms with E-state index >= 15 is 0 Å². The van der Waals surface area contributed by atoms with Gasteiger partial charge in [0.1, 0.15) is 0 Å². The normalized spacial score (nSPS) is 20.4. The maximum Gasteiger partial charge on any atom is 0.190 e. The zero-order chi connectivity index (χ0) is 7.40. The summed E-state index contributed by atoms with van der Waals surface area (Å²) >= 11 is 0. The van der Waals surface area contributed by atoms with Crippen molar-refractivity contribution in [3.63, 3.8) is 0 Å². The van der Waals surface area contributed by atoms with E-state index in [0.29, 0.717) is 0 Å². The fraction of sp³-hybridized carbons (Fsp3) is 1.00. The Morgan fingerprint density at radius 3 is 2.60 bits per heavy atom. The molecule has 1 aliphatic rings. The summed E-state index contributed by atoms with van der Waals surface area (Å²) in [5.41, 5.74) is 2.08. The fourth-order valence-corrected chi connectivity index (χ4v) is 0.850. The first-order chi connectivity index (χ1) is 4.79. The van der Waals surface area contributed by atoms with E-state index in [-0.39, 0.29) is 6.29 Å². The largest absolute Gasteiger partial charge is 0.280 e. The van der Waals surface area contributed by atoms with Gasteiger partial charge in [0.05, 0.1) is 0 Å². The highest BCUT2D eigenvalue weighted by atomic mass is 16.7. The molecule has 1 saturated heterocycles. The number of hydrogen-bond donors (Lipinski definition) is 3. The van der Waals surface area contributed by atoms with E-state index in [9.17, 15) is 10.1 Å². The molecule has 0 unspecified atom stereocenters.